The molecule has 1 aromatic carbocycles. The number of halogens is 2. The lowest BCUT2D eigenvalue weighted by molar-refractivity contribution is -0.0504. The van der Waals surface area contributed by atoms with Crippen LogP contribution in [0.4, 0.5) is 8.78 Å². The van der Waals surface area contributed by atoms with Gasteiger partial charge in [0, 0.05) is 29.6 Å². The zero-order valence-corrected chi connectivity index (χ0v) is 18.3. The predicted molar refractivity (Wildman–Crippen MR) is 118 cm³/mol. The fourth-order valence-electron chi connectivity index (χ4n) is 3.96. The number of hydrogen-bond acceptors (Lipinski definition) is 4. The number of piperidine rings is 1. The summed E-state index contributed by atoms with van der Waals surface area (Å²) in [4.78, 5) is 8.43. The van der Waals surface area contributed by atoms with Gasteiger partial charge in [0.2, 0.25) is 0 Å². The highest BCUT2D eigenvalue weighted by molar-refractivity contribution is 7.10. The van der Waals surface area contributed by atoms with Crippen LogP contribution in [0.2, 0.25) is 0 Å². The summed E-state index contributed by atoms with van der Waals surface area (Å²) in [6.07, 6.45) is 2.33. The minimum atomic E-state index is -2.85. The average Bonchev–Trinajstić information content (AvgIpc) is 3.25. The maximum absolute atomic E-state index is 12.6. The van der Waals surface area contributed by atoms with Crippen LogP contribution in [0.3, 0.4) is 0 Å². The van der Waals surface area contributed by atoms with Gasteiger partial charge in [0.1, 0.15) is 5.75 Å². The van der Waals surface area contributed by atoms with Crippen LogP contribution in [-0.2, 0) is 6.54 Å². The minimum Gasteiger partial charge on any atom is -0.434 e. The molecule has 2 unspecified atom stereocenters. The van der Waals surface area contributed by atoms with Crippen molar-refractivity contribution in [3.8, 4) is 5.75 Å². The minimum absolute atomic E-state index is 0.166. The Kier molecular flexibility index (Phi) is 8.45. The second kappa shape index (κ2) is 11.3. The van der Waals surface area contributed by atoms with Crippen LogP contribution in [0.15, 0.2) is 46.8 Å². The molecule has 0 bridgehead atoms. The van der Waals surface area contributed by atoms with Crippen LogP contribution >= 0.6 is 11.3 Å². The average molecular weight is 437 g/mol. The molecule has 1 aliphatic rings. The standard InChI is InChI=1S/C22H30F2N4OS/c1-3-25-22(26-14-16-8-4-5-10-18(16)29-21(23)24)27-15-17-9-6-12-28(2)20(17)19-11-7-13-30-19/h4-5,7-8,10-11,13,17,20-21H,3,6,9,12,14-15H2,1-2H3,(H2,25,26,27). The molecule has 0 aliphatic carbocycles. The molecule has 2 heterocycles. The summed E-state index contributed by atoms with van der Waals surface area (Å²) >= 11 is 1.80. The fraction of sp³-hybridized carbons (Fsp3) is 0.500. The van der Waals surface area contributed by atoms with Crippen LogP contribution in [-0.4, -0.2) is 44.2 Å². The number of likely N-dealkylation sites (tertiary alicyclic amines) is 1. The van der Waals surface area contributed by atoms with Gasteiger partial charge in [-0.05, 0) is 56.8 Å². The van der Waals surface area contributed by atoms with Gasteiger partial charge < -0.3 is 15.4 Å². The summed E-state index contributed by atoms with van der Waals surface area (Å²) in [6.45, 7) is 2.05. The molecular formula is C22H30F2N4OS. The van der Waals surface area contributed by atoms with Crippen molar-refractivity contribution in [3.63, 3.8) is 0 Å². The SMILES string of the molecule is CCNC(=NCc1ccccc1OC(F)F)NCC1CCCN(C)C1c1cccs1. The Labute approximate surface area is 181 Å². The molecule has 0 radical (unpaired) electrons. The summed E-state index contributed by atoms with van der Waals surface area (Å²) in [5.74, 6) is 1.32. The third-order valence-electron chi connectivity index (χ3n) is 5.31. The van der Waals surface area contributed by atoms with Crippen molar-refractivity contribution in [2.75, 3.05) is 26.7 Å². The fourth-order valence-corrected chi connectivity index (χ4v) is 4.94. The number of guanidine groups is 1. The Morgan fingerprint density at radius 3 is 2.83 bits per heavy atom. The molecular weight excluding hydrogens is 406 g/mol. The molecule has 1 saturated heterocycles. The number of hydrogen-bond donors (Lipinski definition) is 2. The van der Waals surface area contributed by atoms with E-state index in [1.165, 1.54) is 11.3 Å². The lowest BCUT2D eigenvalue weighted by atomic mass is 9.88. The van der Waals surface area contributed by atoms with E-state index >= 15 is 0 Å². The molecule has 8 heteroatoms. The third kappa shape index (κ3) is 6.15. The molecule has 2 aromatic rings. The van der Waals surface area contributed by atoms with Gasteiger partial charge >= 0.3 is 6.61 Å². The van der Waals surface area contributed by atoms with Crippen molar-refractivity contribution < 1.29 is 13.5 Å². The number of alkyl halides is 2. The topological polar surface area (TPSA) is 48.9 Å². The van der Waals surface area contributed by atoms with Crippen LogP contribution in [0.25, 0.3) is 0 Å². The second-order valence-corrected chi connectivity index (χ2v) is 8.38. The largest absolute Gasteiger partial charge is 0.434 e. The van der Waals surface area contributed by atoms with Crippen molar-refractivity contribution in [3.05, 3.63) is 52.2 Å². The molecule has 0 saturated carbocycles. The first kappa shape index (κ1) is 22.5. The second-order valence-electron chi connectivity index (χ2n) is 7.41. The van der Waals surface area contributed by atoms with Gasteiger partial charge in [0.25, 0.3) is 0 Å². The lowest BCUT2D eigenvalue weighted by Crippen LogP contribution is -2.44. The molecule has 1 aromatic heterocycles. The van der Waals surface area contributed by atoms with E-state index in [-0.39, 0.29) is 12.3 Å². The summed E-state index contributed by atoms with van der Waals surface area (Å²) in [5.41, 5.74) is 0.629. The molecule has 5 nitrogen and oxygen atoms in total. The number of thiophene rings is 1. The van der Waals surface area contributed by atoms with Crippen molar-refractivity contribution in [1.29, 1.82) is 0 Å². The van der Waals surface area contributed by atoms with Crippen LogP contribution in [0.5, 0.6) is 5.75 Å². The first-order valence-electron chi connectivity index (χ1n) is 10.4. The van der Waals surface area contributed by atoms with Gasteiger partial charge in [0.05, 0.1) is 6.54 Å². The molecule has 0 spiro atoms. The molecule has 30 heavy (non-hydrogen) atoms. The summed E-state index contributed by atoms with van der Waals surface area (Å²) < 4.78 is 29.9. The Balaban J connectivity index is 1.67. The number of nitrogens with one attached hydrogen (secondary N) is 2. The first-order valence-corrected chi connectivity index (χ1v) is 11.2. The highest BCUT2D eigenvalue weighted by Gasteiger charge is 2.31. The van der Waals surface area contributed by atoms with Gasteiger partial charge in [-0.1, -0.05) is 24.3 Å². The quantitative estimate of drug-likeness (QED) is 0.473. The van der Waals surface area contributed by atoms with Gasteiger partial charge in [0.15, 0.2) is 5.96 Å². The Morgan fingerprint density at radius 2 is 2.10 bits per heavy atom. The van der Waals surface area contributed by atoms with E-state index in [0.717, 1.165) is 26.1 Å². The van der Waals surface area contributed by atoms with E-state index in [0.29, 0.717) is 23.5 Å². The monoisotopic (exact) mass is 436 g/mol. The van der Waals surface area contributed by atoms with E-state index in [4.69, 9.17) is 0 Å². The number of ether oxygens (including phenoxy) is 1. The zero-order chi connectivity index (χ0) is 21.3. The summed E-state index contributed by atoms with van der Waals surface area (Å²) in [6, 6.07) is 11.5. The molecule has 2 atom stereocenters. The Bertz CT molecular complexity index is 800. The Morgan fingerprint density at radius 1 is 1.27 bits per heavy atom. The van der Waals surface area contributed by atoms with Gasteiger partial charge in [-0.15, -0.1) is 11.3 Å². The lowest BCUT2D eigenvalue weighted by Gasteiger charge is -2.39. The van der Waals surface area contributed by atoms with Crippen molar-refractivity contribution in [2.45, 2.75) is 39.0 Å². The maximum atomic E-state index is 12.6. The third-order valence-corrected chi connectivity index (χ3v) is 6.26. The van der Waals surface area contributed by atoms with Gasteiger partial charge in [-0.3, -0.25) is 4.90 Å². The zero-order valence-electron chi connectivity index (χ0n) is 17.5. The number of benzene rings is 1. The molecule has 2 N–H and O–H groups in total. The number of aliphatic imine (C=N–C) groups is 1. The van der Waals surface area contributed by atoms with Gasteiger partial charge in [-0.25, -0.2) is 4.99 Å². The predicted octanol–water partition coefficient (Wildman–Crippen LogP) is 4.49. The van der Waals surface area contributed by atoms with Crippen LogP contribution in [0.1, 0.15) is 36.2 Å². The van der Waals surface area contributed by atoms with E-state index in [2.05, 4.69) is 49.8 Å². The van der Waals surface area contributed by atoms with E-state index in [9.17, 15) is 8.78 Å². The number of nitrogens with zero attached hydrogens (tertiary/aromatic N) is 2. The smallest absolute Gasteiger partial charge is 0.387 e. The van der Waals surface area contributed by atoms with Crippen LogP contribution in [0, 0.1) is 5.92 Å². The highest BCUT2D eigenvalue weighted by atomic mass is 32.1. The number of rotatable bonds is 8. The summed E-state index contributed by atoms with van der Waals surface area (Å²) in [5, 5.41) is 8.85. The van der Waals surface area contributed by atoms with E-state index in [1.807, 2.05) is 6.92 Å². The highest BCUT2D eigenvalue weighted by Crippen LogP contribution is 2.36. The normalized spacial score (nSPS) is 20.4. The molecule has 1 aliphatic heterocycles. The van der Waals surface area contributed by atoms with Crippen molar-refractivity contribution in [1.82, 2.24) is 15.5 Å². The molecule has 3 rings (SSSR count). The van der Waals surface area contributed by atoms with Gasteiger partial charge in [-0.2, -0.15) is 8.78 Å². The number of para-hydroxylation sites is 1. The first-order chi connectivity index (χ1) is 14.6. The van der Waals surface area contributed by atoms with E-state index in [1.54, 1.807) is 35.6 Å². The Hall–Kier alpha value is -2.19. The molecule has 1 fully saturated rings. The summed E-state index contributed by atoms with van der Waals surface area (Å²) in [7, 11) is 2.19. The maximum Gasteiger partial charge on any atom is 0.387 e. The van der Waals surface area contributed by atoms with Crippen LogP contribution < -0.4 is 15.4 Å². The van der Waals surface area contributed by atoms with Crippen molar-refractivity contribution in [2.24, 2.45) is 10.9 Å². The van der Waals surface area contributed by atoms with E-state index < -0.39 is 6.61 Å². The molecule has 0 amide bonds. The van der Waals surface area contributed by atoms with Crippen molar-refractivity contribution >= 4 is 17.3 Å². The molecule has 164 valence electrons.